The van der Waals surface area contributed by atoms with Crippen molar-refractivity contribution in [2.75, 3.05) is 38.2 Å². The van der Waals surface area contributed by atoms with Crippen LogP contribution in [0.2, 0.25) is 0 Å². The Balaban J connectivity index is 1.38. The zero-order valence-corrected chi connectivity index (χ0v) is 16.4. The number of carbonyl (C=O) groups is 1. The molecule has 0 atom stereocenters. The molecule has 2 aliphatic rings. The van der Waals surface area contributed by atoms with Crippen LogP contribution >= 0.6 is 0 Å². The van der Waals surface area contributed by atoms with E-state index in [9.17, 15) is 9.59 Å². The molecule has 1 aromatic heterocycles. The van der Waals surface area contributed by atoms with Gasteiger partial charge < -0.3 is 19.1 Å². The standard InChI is InChI=1S/C23H23N3O3/c1-29-18-6-3-5-17(14-18)24-10-12-25(13-11-24)23(28)20-15-26-9-8-16-4-2-7-19(21(16)26)22(20)27/h2-7,14-15H,8-13H2,1H3. The first-order valence-corrected chi connectivity index (χ1v) is 9.99. The van der Waals surface area contributed by atoms with Gasteiger partial charge in [-0.25, -0.2) is 0 Å². The Kier molecular flexibility index (Phi) is 4.27. The van der Waals surface area contributed by atoms with Crippen LogP contribution in [-0.4, -0.2) is 48.7 Å². The summed E-state index contributed by atoms with van der Waals surface area (Å²) in [7, 11) is 1.66. The maximum Gasteiger partial charge on any atom is 0.259 e. The fraction of sp³-hybridized carbons (Fsp3) is 0.304. The number of pyridine rings is 1. The fourth-order valence-corrected chi connectivity index (χ4v) is 4.45. The predicted molar refractivity (Wildman–Crippen MR) is 113 cm³/mol. The van der Waals surface area contributed by atoms with Gasteiger partial charge in [-0.2, -0.15) is 0 Å². The Morgan fingerprint density at radius 1 is 1.00 bits per heavy atom. The highest BCUT2D eigenvalue weighted by molar-refractivity contribution is 5.98. The fourth-order valence-electron chi connectivity index (χ4n) is 4.45. The maximum absolute atomic E-state index is 13.2. The number of benzene rings is 2. The monoisotopic (exact) mass is 389 g/mol. The van der Waals surface area contributed by atoms with Crippen molar-refractivity contribution in [2.24, 2.45) is 0 Å². The number of aromatic nitrogens is 1. The highest BCUT2D eigenvalue weighted by atomic mass is 16.5. The molecule has 5 rings (SSSR count). The Hall–Kier alpha value is -3.28. The van der Waals surface area contributed by atoms with E-state index in [0.29, 0.717) is 18.5 Å². The predicted octanol–water partition coefficient (Wildman–Crippen LogP) is 2.53. The van der Waals surface area contributed by atoms with E-state index in [4.69, 9.17) is 4.74 Å². The van der Waals surface area contributed by atoms with Crippen molar-refractivity contribution in [3.63, 3.8) is 0 Å². The first-order valence-electron chi connectivity index (χ1n) is 9.99. The third kappa shape index (κ3) is 2.95. The van der Waals surface area contributed by atoms with Gasteiger partial charge in [0.05, 0.1) is 12.6 Å². The van der Waals surface area contributed by atoms with E-state index in [2.05, 4.69) is 21.6 Å². The minimum absolute atomic E-state index is 0.153. The van der Waals surface area contributed by atoms with E-state index in [1.165, 1.54) is 5.56 Å². The van der Waals surface area contributed by atoms with Gasteiger partial charge in [0.15, 0.2) is 0 Å². The molecule has 0 spiro atoms. The lowest BCUT2D eigenvalue weighted by Crippen LogP contribution is -2.49. The number of hydrogen-bond acceptors (Lipinski definition) is 4. The SMILES string of the molecule is COc1cccc(N2CCN(C(=O)c3cn4c5c(cccc5c3=O)CC4)CC2)c1. The average molecular weight is 389 g/mol. The van der Waals surface area contributed by atoms with Gasteiger partial charge in [-0.3, -0.25) is 9.59 Å². The number of ether oxygens (including phenoxy) is 1. The molecule has 0 N–H and O–H groups in total. The first-order chi connectivity index (χ1) is 14.2. The summed E-state index contributed by atoms with van der Waals surface area (Å²) in [4.78, 5) is 30.2. The molecule has 3 heterocycles. The molecule has 0 saturated carbocycles. The average Bonchev–Trinajstić information content (AvgIpc) is 3.20. The third-order valence-electron chi connectivity index (χ3n) is 6.02. The van der Waals surface area contributed by atoms with Crippen molar-refractivity contribution in [3.8, 4) is 5.75 Å². The molecule has 0 aliphatic carbocycles. The summed E-state index contributed by atoms with van der Waals surface area (Å²) in [5.74, 6) is 0.658. The molecule has 2 aliphatic heterocycles. The number of aryl methyl sites for hydroxylation is 2. The number of rotatable bonds is 3. The minimum Gasteiger partial charge on any atom is -0.497 e. The normalized spacial score (nSPS) is 15.8. The van der Waals surface area contributed by atoms with Gasteiger partial charge in [0.1, 0.15) is 11.3 Å². The molecule has 29 heavy (non-hydrogen) atoms. The summed E-state index contributed by atoms with van der Waals surface area (Å²) >= 11 is 0. The van der Waals surface area contributed by atoms with Crippen LogP contribution in [0.5, 0.6) is 5.75 Å². The van der Waals surface area contributed by atoms with E-state index < -0.39 is 0 Å². The van der Waals surface area contributed by atoms with E-state index >= 15 is 0 Å². The zero-order valence-electron chi connectivity index (χ0n) is 16.4. The van der Waals surface area contributed by atoms with Crippen LogP contribution in [0.3, 0.4) is 0 Å². The molecule has 1 amide bonds. The minimum atomic E-state index is -0.164. The van der Waals surface area contributed by atoms with Crippen LogP contribution in [0.4, 0.5) is 5.69 Å². The molecule has 1 saturated heterocycles. The maximum atomic E-state index is 13.2. The number of anilines is 1. The molecule has 1 fully saturated rings. The second-order valence-electron chi connectivity index (χ2n) is 7.61. The van der Waals surface area contributed by atoms with Crippen LogP contribution in [-0.2, 0) is 13.0 Å². The lowest BCUT2D eigenvalue weighted by molar-refractivity contribution is 0.0745. The molecular weight excluding hydrogens is 366 g/mol. The van der Waals surface area contributed by atoms with Crippen molar-refractivity contribution in [3.05, 3.63) is 70.0 Å². The topological polar surface area (TPSA) is 54.8 Å². The summed E-state index contributed by atoms with van der Waals surface area (Å²) in [6, 6.07) is 13.8. The van der Waals surface area contributed by atoms with Crippen molar-refractivity contribution < 1.29 is 9.53 Å². The van der Waals surface area contributed by atoms with Gasteiger partial charge in [-0.05, 0) is 30.2 Å². The Labute approximate surface area is 168 Å². The van der Waals surface area contributed by atoms with Gasteiger partial charge in [0.25, 0.3) is 5.91 Å². The van der Waals surface area contributed by atoms with E-state index in [1.807, 2.05) is 30.3 Å². The van der Waals surface area contributed by atoms with Crippen molar-refractivity contribution in [1.82, 2.24) is 9.47 Å². The van der Waals surface area contributed by atoms with Crippen LogP contribution in [0.25, 0.3) is 10.9 Å². The summed E-state index contributed by atoms with van der Waals surface area (Å²) in [6.45, 7) is 3.46. The van der Waals surface area contributed by atoms with Gasteiger partial charge in [-0.15, -0.1) is 0 Å². The second kappa shape index (κ2) is 6.95. The van der Waals surface area contributed by atoms with Crippen LogP contribution < -0.4 is 15.1 Å². The number of para-hydroxylation sites is 1. The molecule has 2 aromatic carbocycles. The van der Waals surface area contributed by atoms with Gasteiger partial charge in [0.2, 0.25) is 5.43 Å². The molecule has 0 bridgehead atoms. The molecule has 148 valence electrons. The molecule has 3 aromatic rings. The number of hydrogen-bond donors (Lipinski definition) is 0. The van der Waals surface area contributed by atoms with Crippen LogP contribution in [0, 0.1) is 0 Å². The molecule has 6 heteroatoms. The molecule has 0 unspecified atom stereocenters. The first kappa shape index (κ1) is 17.8. The number of methoxy groups -OCH3 is 1. The van der Waals surface area contributed by atoms with E-state index in [-0.39, 0.29) is 16.9 Å². The number of nitrogens with zero attached hydrogens (tertiary/aromatic N) is 3. The molecule has 0 radical (unpaired) electrons. The smallest absolute Gasteiger partial charge is 0.259 e. The summed E-state index contributed by atoms with van der Waals surface area (Å²) in [5, 5.41) is 0.654. The summed E-state index contributed by atoms with van der Waals surface area (Å²) in [6.07, 6.45) is 2.67. The van der Waals surface area contributed by atoms with Crippen LogP contribution in [0.1, 0.15) is 15.9 Å². The van der Waals surface area contributed by atoms with Crippen LogP contribution in [0.15, 0.2) is 53.5 Å². The second-order valence-corrected chi connectivity index (χ2v) is 7.61. The Morgan fingerprint density at radius 3 is 2.59 bits per heavy atom. The summed E-state index contributed by atoms with van der Waals surface area (Å²) in [5.41, 5.74) is 3.39. The van der Waals surface area contributed by atoms with Gasteiger partial charge in [0, 0.05) is 56.1 Å². The highest BCUT2D eigenvalue weighted by Gasteiger charge is 2.26. The largest absolute Gasteiger partial charge is 0.497 e. The highest BCUT2D eigenvalue weighted by Crippen LogP contribution is 2.25. The number of carbonyl (C=O) groups excluding carboxylic acids is 1. The Morgan fingerprint density at radius 2 is 1.79 bits per heavy atom. The van der Waals surface area contributed by atoms with Crippen molar-refractivity contribution in [1.29, 1.82) is 0 Å². The van der Waals surface area contributed by atoms with Gasteiger partial charge >= 0.3 is 0 Å². The van der Waals surface area contributed by atoms with E-state index in [1.54, 1.807) is 18.2 Å². The quantitative estimate of drug-likeness (QED) is 0.691. The number of amides is 1. The lowest BCUT2D eigenvalue weighted by atomic mass is 10.1. The number of piperazine rings is 1. The Bertz CT molecular complexity index is 1160. The lowest BCUT2D eigenvalue weighted by Gasteiger charge is -2.36. The van der Waals surface area contributed by atoms with Crippen molar-refractivity contribution >= 4 is 22.5 Å². The zero-order chi connectivity index (χ0) is 20.0. The molecular formula is C23H23N3O3. The van der Waals surface area contributed by atoms with E-state index in [0.717, 1.165) is 43.0 Å². The summed E-state index contributed by atoms with van der Waals surface area (Å²) < 4.78 is 7.37. The third-order valence-corrected chi connectivity index (χ3v) is 6.02. The molecule has 6 nitrogen and oxygen atoms in total. The van der Waals surface area contributed by atoms with Gasteiger partial charge in [-0.1, -0.05) is 18.2 Å². The van der Waals surface area contributed by atoms with Crippen molar-refractivity contribution in [2.45, 2.75) is 13.0 Å².